The molecule has 2 aromatic rings. The van der Waals surface area contributed by atoms with Gasteiger partial charge < -0.3 is 0 Å². The zero-order valence-corrected chi connectivity index (χ0v) is 4.76. The van der Waals surface area contributed by atoms with Crippen LogP contribution in [0.4, 0.5) is 0 Å². The van der Waals surface area contributed by atoms with Crippen LogP contribution in [0, 0.1) is 6.07 Å². The Balaban J connectivity index is 0.000000500. The third kappa shape index (κ3) is 0.598. The second kappa shape index (κ2) is 1.58. The highest BCUT2D eigenvalue weighted by atomic mass is 15.1. The second-order valence-electron chi connectivity index (χ2n) is 1.87. The van der Waals surface area contributed by atoms with E-state index in [-0.39, 0.29) is 1.43 Å². The Bertz CT molecular complexity index is 286. The summed E-state index contributed by atoms with van der Waals surface area (Å²) in [6, 6.07) is 8.81. The number of aromatic nitrogens is 2. The lowest BCUT2D eigenvalue weighted by Crippen LogP contribution is -1.64. The maximum Gasteiger partial charge on any atom is 1.00 e. The summed E-state index contributed by atoms with van der Waals surface area (Å²) in [5, 5.41) is 7.72. The maximum absolute atomic E-state index is 3.85. The van der Waals surface area contributed by atoms with Gasteiger partial charge in [0.25, 0.3) is 0 Å². The summed E-state index contributed by atoms with van der Waals surface area (Å²) < 4.78 is 0. The van der Waals surface area contributed by atoms with E-state index in [0.29, 0.717) is 0 Å². The second-order valence-corrected chi connectivity index (χ2v) is 1.87. The lowest BCUT2D eigenvalue weighted by atomic mass is 10.3. The predicted molar refractivity (Wildman–Crippen MR) is 36.0 cm³/mol. The van der Waals surface area contributed by atoms with Crippen molar-refractivity contribution in [1.29, 1.82) is 0 Å². The van der Waals surface area contributed by atoms with E-state index >= 15 is 0 Å². The number of benzene rings is 1. The van der Waals surface area contributed by atoms with Crippen molar-refractivity contribution < 1.29 is 1.43 Å². The topological polar surface area (TPSA) is 28.7 Å². The molecule has 0 aliphatic heterocycles. The molecule has 0 saturated heterocycles. The number of nitrogens with zero attached hydrogens (tertiary/aromatic N) is 1. The van der Waals surface area contributed by atoms with Crippen LogP contribution in [0.15, 0.2) is 24.4 Å². The predicted octanol–water partition coefficient (Wildman–Crippen LogP) is 1.48. The summed E-state index contributed by atoms with van der Waals surface area (Å²) >= 11 is 0. The number of H-pyrrole nitrogens is 1. The minimum absolute atomic E-state index is 0. The van der Waals surface area contributed by atoms with E-state index in [4.69, 9.17) is 0 Å². The zero-order valence-electron chi connectivity index (χ0n) is 5.76. The highest BCUT2D eigenvalue weighted by molar-refractivity contribution is 5.76. The van der Waals surface area contributed by atoms with Gasteiger partial charge >= 0.3 is 1.43 Å². The fraction of sp³-hybridized carbons (Fsp3) is 0. The van der Waals surface area contributed by atoms with Crippen molar-refractivity contribution in [2.75, 3.05) is 0 Å². The number of hydrogen-bond donors (Lipinski definition) is 1. The molecule has 0 saturated carbocycles. The van der Waals surface area contributed by atoms with Gasteiger partial charge in [-0.3, -0.25) is 5.10 Å². The molecule has 0 amide bonds. The number of aromatic amines is 1. The van der Waals surface area contributed by atoms with Gasteiger partial charge in [0.1, 0.15) is 0 Å². The van der Waals surface area contributed by atoms with Crippen LogP contribution in [0.2, 0.25) is 0 Å². The minimum atomic E-state index is 0. The summed E-state index contributed by atoms with van der Waals surface area (Å²) in [5.74, 6) is 0. The lowest BCUT2D eigenvalue weighted by molar-refractivity contribution is 1.12. The Kier molecular flexibility index (Phi) is 0.803. The van der Waals surface area contributed by atoms with Gasteiger partial charge in [0.05, 0.1) is 11.7 Å². The fourth-order valence-corrected chi connectivity index (χ4v) is 0.820. The molecule has 1 radical (unpaired) electrons. The first-order valence-electron chi connectivity index (χ1n) is 2.76. The molecule has 0 bridgehead atoms. The van der Waals surface area contributed by atoms with Crippen molar-refractivity contribution >= 4 is 10.9 Å². The van der Waals surface area contributed by atoms with Crippen LogP contribution in [0.3, 0.4) is 0 Å². The van der Waals surface area contributed by atoms with Gasteiger partial charge in [-0.05, 0) is 12.1 Å². The van der Waals surface area contributed by atoms with Gasteiger partial charge in [0.2, 0.25) is 0 Å². The number of nitrogens with one attached hydrogen (secondary N) is 1. The number of rotatable bonds is 0. The Morgan fingerprint density at radius 2 is 2.67 bits per heavy atom. The third-order valence-electron chi connectivity index (χ3n) is 1.27. The molecule has 43 valence electrons. The van der Waals surface area contributed by atoms with Gasteiger partial charge in [0, 0.05) is 5.39 Å². The molecule has 9 heavy (non-hydrogen) atoms. The van der Waals surface area contributed by atoms with Crippen LogP contribution in [-0.2, 0) is 0 Å². The van der Waals surface area contributed by atoms with Crippen LogP contribution in [0.1, 0.15) is 1.43 Å². The van der Waals surface area contributed by atoms with E-state index in [9.17, 15) is 0 Å². The molecule has 1 aromatic carbocycles. The van der Waals surface area contributed by atoms with E-state index in [2.05, 4.69) is 16.3 Å². The molecule has 0 aliphatic rings. The average Bonchev–Trinajstić information content (AvgIpc) is 2.33. The number of hydrogen-bond acceptors (Lipinski definition) is 1. The van der Waals surface area contributed by atoms with Crippen molar-refractivity contribution in [3.05, 3.63) is 30.5 Å². The van der Waals surface area contributed by atoms with E-state index in [1.165, 1.54) is 0 Å². The average molecular weight is 118 g/mol. The monoisotopic (exact) mass is 118 g/mol. The van der Waals surface area contributed by atoms with Gasteiger partial charge in [0.15, 0.2) is 0 Å². The highest BCUT2D eigenvalue weighted by Gasteiger charge is 1.88. The molecule has 1 heterocycles. The summed E-state index contributed by atoms with van der Waals surface area (Å²) in [7, 11) is 0. The van der Waals surface area contributed by atoms with Crippen molar-refractivity contribution in [1.82, 2.24) is 10.2 Å². The van der Waals surface area contributed by atoms with Crippen molar-refractivity contribution in [2.45, 2.75) is 0 Å². The summed E-state index contributed by atoms with van der Waals surface area (Å²) in [6.07, 6.45) is 1.76. The zero-order chi connectivity index (χ0) is 6.10. The number of fused-ring (bicyclic) bond motifs is 1. The lowest BCUT2D eigenvalue weighted by Gasteiger charge is -1.80. The van der Waals surface area contributed by atoms with Crippen molar-refractivity contribution in [2.24, 2.45) is 0 Å². The molecule has 1 aromatic heterocycles. The van der Waals surface area contributed by atoms with Crippen LogP contribution >= 0.6 is 0 Å². The fourth-order valence-electron chi connectivity index (χ4n) is 0.820. The quantitative estimate of drug-likeness (QED) is 0.557. The molecule has 2 heteroatoms. The van der Waals surface area contributed by atoms with Gasteiger partial charge in [-0.1, -0.05) is 12.1 Å². The van der Waals surface area contributed by atoms with Crippen molar-refractivity contribution in [3.8, 4) is 0 Å². The first-order chi connectivity index (χ1) is 4.47. The van der Waals surface area contributed by atoms with E-state index in [1.54, 1.807) is 6.20 Å². The van der Waals surface area contributed by atoms with Gasteiger partial charge in [-0.25, -0.2) is 0 Å². The maximum atomic E-state index is 3.85. The molecule has 2 rings (SSSR count). The molecule has 0 aliphatic carbocycles. The molecule has 0 unspecified atom stereocenters. The Morgan fingerprint density at radius 3 is 3.56 bits per heavy atom. The van der Waals surface area contributed by atoms with Crippen LogP contribution in [0.25, 0.3) is 10.9 Å². The van der Waals surface area contributed by atoms with E-state index in [0.717, 1.165) is 10.9 Å². The third-order valence-corrected chi connectivity index (χ3v) is 1.27. The standard InChI is InChI=1S/C7H5N2/c1-2-4-7-6(3-1)5-8-9-7/h1-2,4-5H,(H,8,9)/p+1. The Morgan fingerprint density at radius 1 is 1.67 bits per heavy atom. The SMILES string of the molecule is [H+].[c]1cccc2[nH]ncc12. The van der Waals surface area contributed by atoms with Crippen LogP contribution in [-0.4, -0.2) is 10.2 Å². The first-order valence-corrected chi connectivity index (χ1v) is 2.76. The smallest absolute Gasteiger partial charge is 0.278 e. The normalized spacial score (nSPS) is 10.2. The Hall–Kier alpha value is -1.31. The first kappa shape index (κ1) is 4.56. The molecular formula is C7H6N2+. The molecule has 0 fully saturated rings. The molecule has 1 N–H and O–H groups in total. The van der Waals surface area contributed by atoms with Gasteiger partial charge in [-0.15, -0.1) is 0 Å². The molecular weight excluding hydrogens is 112 g/mol. The Labute approximate surface area is 54.0 Å². The highest BCUT2D eigenvalue weighted by Crippen LogP contribution is 2.06. The van der Waals surface area contributed by atoms with Crippen LogP contribution < -0.4 is 0 Å². The summed E-state index contributed by atoms with van der Waals surface area (Å²) in [6.45, 7) is 0. The van der Waals surface area contributed by atoms with Crippen LogP contribution in [0.5, 0.6) is 0 Å². The molecule has 0 spiro atoms. The van der Waals surface area contributed by atoms with Crippen molar-refractivity contribution in [3.63, 3.8) is 0 Å². The molecule has 2 nitrogen and oxygen atoms in total. The summed E-state index contributed by atoms with van der Waals surface area (Å²) in [5.41, 5.74) is 1.04. The van der Waals surface area contributed by atoms with Gasteiger partial charge in [-0.2, -0.15) is 5.10 Å². The largest absolute Gasteiger partial charge is 1.00 e. The summed E-state index contributed by atoms with van der Waals surface area (Å²) in [4.78, 5) is 0. The van der Waals surface area contributed by atoms with E-state index in [1.807, 2.05) is 18.2 Å². The van der Waals surface area contributed by atoms with E-state index < -0.39 is 0 Å². The molecule has 0 atom stereocenters. The minimum Gasteiger partial charge on any atom is -0.278 e.